The van der Waals surface area contributed by atoms with E-state index in [2.05, 4.69) is 6.92 Å². The summed E-state index contributed by atoms with van der Waals surface area (Å²) in [5.41, 5.74) is 1.38. The molecule has 1 atom stereocenters. The topological polar surface area (TPSA) is 20.3 Å². The lowest BCUT2D eigenvalue weighted by Gasteiger charge is -2.30. The van der Waals surface area contributed by atoms with Crippen molar-refractivity contribution in [3.8, 4) is 0 Å². The van der Waals surface area contributed by atoms with Gasteiger partial charge in [-0.15, -0.1) is 0 Å². The first-order chi connectivity index (χ1) is 9.01. The maximum absolute atomic E-state index is 14.0. The van der Waals surface area contributed by atoms with Crippen LogP contribution in [0.2, 0.25) is 0 Å². The van der Waals surface area contributed by atoms with Crippen molar-refractivity contribution < 1.29 is 9.18 Å². The molecule has 2 nitrogen and oxygen atoms in total. The molecule has 0 bridgehead atoms. The first-order valence-corrected chi connectivity index (χ1v) is 7.09. The highest BCUT2D eigenvalue weighted by molar-refractivity contribution is 5.94. The molecule has 0 saturated carbocycles. The molecule has 1 aromatic rings. The highest BCUT2D eigenvalue weighted by Crippen LogP contribution is 2.25. The Morgan fingerprint density at radius 2 is 2.00 bits per heavy atom. The summed E-state index contributed by atoms with van der Waals surface area (Å²) in [6, 6.07) is 4.96. The van der Waals surface area contributed by atoms with Gasteiger partial charge in [0.2, 0.25) is 5.91 Å². The van der Waals surface area contributed by atoms with Gasteiger partial charge in [0.15, 0.2) is 0 Å². The van der Waals surface area contributed by atoms with E-state index in [1.54, 1.807) is 17.0 Å². The summed E-state index contributed by atoms with van der Waals surface area (Å²) in [6.07, 6.45) is 3.09. The Balaban J connectivity index is 3.14. The van der Waals surface area contributed by atoms with Gasteiger partial charge >= 0.3 is 0 Å². The zero-order valence-corrected chi connectivity index (χ0v) is 12.4. The van der Waals surface area contributed by atoms with Crippen LogP contribution in [0.1, 0.15) is 52.0 Å². The van der Waals surface area contributed by atoms with Crippen LogP contribution in [-0.2, 0) is 4.79 Å². The van der Waals surface area contributed by atoms with Gasteiger partial charge in [-0.25, -0.2) is 4.39 Å². The van der Waals surface area contributed by atoms with Crippen LogP contribution >= 0.6 is 0 Å². The lowest BCUT2D eigenvalue weighted by Crippen LogP contribution is -2.39. The Morgan fingerprint density at radius 3 is 2.58 bits per heavy atom. The van der Waals surface area contributed by atoms with E-state index in [1.807, 2.05) is 20.8 Å². The van der Waals surface area contributed by atoms with Gasteiger partial charge in [-0.2, -0.15) is 0 Å². The van der Waals surface area contributed by atoms with Gasteiger partial charge in [-0.1, -0.05) is 26.3 Å². The fraction of sp³-hybridized carbons (Fsp3) is 0.562. The summed E-state index contributed by atoms with van der Waals surface area (Å²) in [6.45, 7) is 7.94. The van der Waals surface area contributed by atoms with Crippen molar-refractivity contribution in [1.29, 1.82) is 0 Å². The predicted molar refractivity (Wildman–Crippen MR) is 77.9 cm³/mol. The van der Waals surface area contributed by atoms with Crippen LogP contribution in [0.15, 0.2) is 18.2 Å². The van der Waals surface area contributed by atoms with Gasteiger partial charge in [0.1, 0.15) is 5.82 Å². The van der Waals surface area contributed by atoms with Crippen LogP contribution in [0, 0.1) is 12.7 Å². The van der Waals surface area contributed by atoms with E-state index < -0.39 is 0 Å². The van der Waals surface area contributed by atoms with E-state index in [1.165, 1.54) is 6.07 Å². The number of nitrogens with zero attached hydrogens (tertiary/aromatic N) is 1. The molecule has 0 aliphatic rings. The number of carbonyl (C=O) groups is 1. The predicted octanol–water partition coefficient (Wildman–Crippen LogP) is 4.46. The number of carbonyl (C=O) groups excluding carboxylic acids is 1. The van der Waals surface area contributed by atoms with Crippen molar-refractivity contribution in [2.24, 2.45) is 0 Å². The molecule has 1 unspecified atom stereocenters. The van der Waals surface area contributed by atoms with Crippen LogP contribution in [0.3, 0.4) is 0 Å². The highest BCUT2D eigenvalue weighted by Gasteiger charge is 2.23. The first kappa shape index (κ1) is 15.7. The van der Waals surface area contributed by atoms with E-state index >= 15 is 0 Å². The van der Waals surface area contributed by atoms with Crippen LogP contribution in [0.25, 0.3) is 0 Å². The molecule has 1 aromatic carbocycles. The number of benzene rings is 1. The highest BCUT2D eigenvalue weighted by atomic mass is 19.1. The Bertz CT molecular complexity index is 431. The van der Waals surface area contributed by atoms with Crippen molar-refractivity contribution in [2.75, 3.05) is 4.90 Å². The van der Waals surface area contributed by atoms with E-state index in [0.29, 0.717) is 12.1 Å². The van der Waals surface area contributed by atoms with Crippen LogP contribution in [0.4, 0.5) is 10.1 Å². The average molecular weight is 265 g/mol. The number of rotatable bonds is 6. The summed E-state index contributed by atoms with van der Waals surface area (Å²) in [7, 11) is 0. The fourth-order valence-electron chi connectivity index (χ4n) is 2.31. The molecular formula is C16H24FNO. The monoisotopic (exact) mass is 265 g/mol. The number of halogens is 1. The minimum Gasteiger partial charge on any atom is -0.307 e. The van der Waals surface area contributed by atoms with Crippen LogP contribution in [0.5, 0.6) is 0 Å². The molecule has 0 N–H and O–H groups in total. The van der Waals surface area contributed by atoms with E-state index in [4.69, 9.17) is 0 Å². The summed E-state index contributed by atoms with van der Waals surface area (Å²) < 4.78 is 14.0. The lowest BCUT2D eigenvalue weighted by atomic mass is 10.1. The Hall–Kier alpha value is -1.38. The maximum Gasteiger partial charge on any atom is 0.227 e. The minimum atomic E-state index is -0.321. The fourth-order valence-corrected chi connectivity index (χ4v) is 2.31. The van der Waals surface area contributed by atoms with Crippen LogP contribution in [-0.4, -0.2) is 11.9 Å². The van der Waals surface area contributed by atoms with Crippen molar-refractivity contribution in [2.45, 2.75) is 59.4 Å². The quantitative estimate of drug-likeness (QED) is 0.744. The van der Waals surface area contributed by atoms with Crippen molar-refractivity contribution in [1.82, 2.24) is 0 Å². The lowest BCUT2D eigenvalue weighted by molar-refractivity contribution is -0.119. The third kappa shape index (κ3) is 4.05. The molecule has 1 rings (SSSR count). The van der Waals surface area contributed by atoms with Gasteiger partial charge in [0, 0.05) is 12.5 Å². The molecule has 0 spiro atoms. The van der Waals surface area contributed by atoms with Crippen molar-refractivity contribution in [3.63, 3.8) is 0 Å². The molecule has 3 heteroatoms. The number of hydrogen-bond acceptors (Lipinski definition) is 1. The second-order valence-corrected chi connectivity index (χ2v) is 5.11. The van der Waals surface area contributed by atoms with E-state index in [0.717, 1.165) is 24.8 Å². The molecule has 1 amide bonds. The van der Waals surface area contributed by atoms with Crippen molar-refractivity contribution >= 4 is 11.6 Å². The summed E-state index contributed by atoms with van der Waals surface area (Å²) >= 11 is 0. The molecule has 0 heterocycles. The molecule has 19 heavy (non-hydrogen) atoms. The molecule has 0 aromatic heterocycles. The second-order valence-electron chi connectivity index (χ2n) is 5.11. The zero-order chi connectivity index (χ0) is 14.4. The second kappa shape index (κ2) is 7.27. The maximum atomic E-state index is 14.0. The smallest absolute Gasteiger partial charge is 0.227 e. The van der Waals surface area contributed by atoms with Gasteiger partial charge in [0.05, 0.1) is 5.69 Å². The molecule has 106 valence electrons. The molecule has 0 fully saturated rings. The number of amides is 1. The Morgan fingerprint density at radius 1 is 1.32 bits per heavy atom. The number of hydrogen-bond donors (Lipinski definition) is 0. The normalized spacial score (nSPS) is 12.3. The van der Waals surface area contributed by atoms with Crippen molar-refractivity contribution in [3.05, 3.63) is 29.6 Å². The summed E-state index contributed by atoms with van der Waals surface area (Å²) in [5, 5.41) is 0. The minimum absolute atomic E-state index is 0.00736. The standard InChI is InChI=1S/C16H24FNO/c1-5-7-13(4)18(16(19)8-6-2)15-11-12(3)9-10-14(15)17/h9-11,13H,5-8H2,1-4H3. The van der Waals surface area contributed by atoms with Gasteiger partial charge in [-0.05, 0) is 44.4 Å². The first-order valence-electron chi connectivity index (χ1n) is 7.09. The molecule has 0 aliphatic carbocycles. The Kier molecular flexibility index (Phi) is 6.00. The van der Waals surface area contributed by atoms with Crippen LogP contribution < -0.4 is 4.90 Å². The largest absolute Gasteiger partial charge is 0.307 e. The SMILES string of the molecule is CCCC(=O)N(c1cc(C)ccc1F)C(C)CCC. The van der Waals surface area contributed by atoms with E-state index in [-0.39, 0.29) is 17.8 Å². The number of aryl methyl sites for hydroxylation is 1. The zero-order valence-electron chi connectivity index (χ0n) is 12.4. The molecule has 0 saturated heterocycles. The Labute approximate surface area is 115 Å². The van der Waals surface area contributed by atoms with E-state index in [9.17, 15) is 9.18 Å². The molecule has 0 radical (unpaired) electrons. The molecule has 0 aliphatic heterocycles. The average Bonchev–Trinajstić information content (AvgIpc) is 2.34. The third-order valence-corrected chi connectivity index (χ3v) is 3.24. The summed E-state index contributed by atoms with van der Waals surface area (Å²) in [5.74, 6) is -0.314. The number of anilines is 1. The summed E-state index contributed by atoms with van der Waals surface area (Å²) in [4.78, 5) is 13.9. The molecular weight excluding hydrogens is 241 g/mol. The van der Waals surface area contributed by atoms with Gasteiger partial charge in [-0.3, -0.25) is 4.79 Å². The van der Waals surface area contributed by atoms with Gasteiger partial charge in [0.25, 0.3) is 0 Å². The van der Waals surface area contributed by atoms with Gasteiger partial charge < -0.3 is 4.90 Å². The third-order valence-electron chi connectivity index (χ3n) is 3.24.